The molecule has 5 nitrogen and oxygen atoms in total. The van der Waals surface area contributed by atoms with Gasteiger partial charge in [-0.2, -0.15) is 0 Å². The maximum Gasteiger partial charge on any atom is 0.243 e. The van der Waals surface area contributed by atoms with Crippen LogP contribution in [0, 0.1) is 12.8 Å². The summed E-state index contributed by atoms with van der Waals surface area (Å²) in [6.07, 6.45) is 1.89. The molecule has 0 spiro atoms. The fourth-order valence-electron chi connectivity index (χ4n) is 3.68. The molecule has 2 amide bonds. The quantitative estimate of drug-likeness (QED) is 0.838. The molecule has 0 radical (unpaired) electrons. The molecule has 28 heavy (non-hydrogen) atoms. The highest BCUT2D eigenvalue weighted by Crippen LogP contribution is 2.20. The van der Waals surface area contributed by atoms with Crippen molar-refractivity contribution in [2.45, 2.75) is 26.3 Å². The predicted octanol–water partition coefficient (Wildman–Crippen LogP) is 3.30. The van der Waals surface area contributed by atoms with Crippen LogP contribution in [0.5, 0.6) is 0 Å². The van der Waals surface area contributed by atoms with Crippen LogP contribution in [0.1, 0.15) is 24.0 Å². The number of aryl methyl sites for hydroxylation is 1. The van der Waals surface area contributed by atoms with Gasteiger partial charge < -0.3 is 10.2 Å². The number of carbonyl (C=O) groups excluding carboxylic acids is 2. The molecule has 1 aliphatic rings. The molecule has 0 aromatic heterocycles. The fourth-order valence-corrected chi connectivity index (χ4v) is 3.68. The van der Waals surface area contributed by atoms with Gasteiger partial charge in [-0.05, 0) is 44.0 Å². The molecule has 1 N–H and O–H groups in total. The summed E-state index contributed by atoms with van der Waals surface area (Å²) in [4.78, 5) is 29.0. The van der Waals surface area contributed by atoms with E-state index in [-0.39, 0.29) is 24.3 Å². The lowest BCUT2D eigenvalue weighted by molar-refractivity contribution is -0.138. The van der Waals surface area contributed by atoms with Crippen molar-refractivity contribution in [2.24, 2.45) is 5.92 Å². The van der Waals surface area contributed by atoms with Gasteiger partial charge >= 0.3 is 0 Å². The number of likely N-dealkylation sites (tertiary alicyclic amines) is 1. The Bertz CT molecular complexity index is 789. The van der Waals surface area contributed by atoms with Gasteiger partial charge in [0.15, 0.2) is 0 Å². The summed E-state index contributed by atoms with van der Waals surface area (Å²) in [7, 11) is 1.72. The number of nitrogens with zero attached hydrogens (tertiary/aromatic N) is 2. The third-order valence-corrected chi connectivity index (χ3v) is 5.20. The van der Waals surface area contributed by atoms with E-state index in [2.05, 4.69) is 22.3 Å². The number of benzene rings is 2. The molecule has 1 fully saturated rings. The molecule has 1 atom stereocenters. The Balaban J connectivity index is 1.50. The van der Waals surface area contributed by atoms with Gasteiger partial charge in [0.2, 0.25) is 11.8 Å². The van der Waals surface area contributed by atoms with Crippen molar-refractivity contribution < 1.29 is 9.59 Å². The van der Waals surface area contributed by atoms with E-state index in [4.69, 9.17) is 0 Å². The Kier molecular flexibility index (Phi) is 6.82. The zero-order chi connectivity index (χ0) is 19.9. The Morgan fingerprint density at radius 2 is 1.82 bits per heavy atom. The van der Waals surface area contributed by atoms with Crippen molar-refractivity contribution in [3.63, 3.8) is 0 Å². The molecule has 1 heterocycles. The summed E-state index contributed by atoms with van der Waals surface area (Å²) in [6, 6.07) is 18.0. The number of hydrogen-bond donors (Lipinski definition) is 1. The number of rotatable bonds is 6. The number of carbonyl (C=O) groups is 2. The minimum absolute atomic E-state index is 0.0466. The van der Waals surface area contributed by atoms with E-state index in [9.17, 15) is 9.59 Å². The average Bonchev–Trinajstić information content (AvgIpc) is 2.70. The lowest BCUT2D eigenvalue weighted by Gasteiger charge is -2.33. The van der Waals surface area contributed by atoms with Gasteiger partial charge in [0.25, 0.3) is 0 Å². The van der Waals surface area contributed by atoms with Crippen LogP contribution in [-0.4, -0.2) is 48.3 Å². The van der Waals surface area contributed by atoms with Crippen molar-refractivity contribution in [3.05, 3.63) is 65.7 Å². The SMILES string of the molecule is Cc1ccc(NC(=O)CN(C)C(=O)C2CCCN(Cc3ccccc3)C2)cc1. The first-order valence-corrected chi connectivity index (χ1v) is 9.89. The van der Waals surface area contributed by atoms with E-state index in [1.165, 1.54) is 5.56 Å². The van der Waals surface area contributed by atoms with Crippen LogP contribution in [0.25, 0.3) is 0 Å². The van der Waals surface area contributed by atoms with Crippen LogP contribution in [0.3, 0.4) is 0 Å². The smallest absolute Gasteiger partial charge is 0.243 e. The Hall–Kier alpha value is -2.66. The summed E-state index contributed by atoms with van der Waals surface area (Å²) in [5.74, 6) is -0.164. The summed E-state index contributed by atoms with van der Waals surface area (Å²) in [5.41, 5.74) is 3.16. The predicted molar refractivity (Wildman–Crippen MR) is 112 cm³/mol. The molecule has 1 aliphatic heterocycles. The number of amides is 2. The van der Waals surface area contributed by atoms with E-state index in [1.54, 1.807) is 11.9 Å². The van der Waals surface area contributed by atoms with Crippen molar-refractivity contribution in [3.8, 4) is 0 Å². The highest BCUT2D eigenvalue weighted by molar-refractivity contribution is 5.94. The van der Waals surface area contributed by atoms with Crippen molar-refractivity contribution in [1.29, 1.82) is 0 Å². The molecular formula is C23H29N3O2. The second-order valence-corrected chi connectivity index (χ2v) is 7.67. The maximum atomic E-state index is 12.8. The average molecular weight is 380 g/mol. The van der Waals surface area contributed by atoms with Gasteiger partial charge in [-0.25, -0.2) is 0 Å². The topological polar surface area (TPSA) is 52.7 Å². The molecule has 1 unspecified atom stereocenters. The molecule has 2 aromatic carbocycles. The lowest BCUT2D eigenvalue weighted by Crippen LogP contribution is -2.45. The minimum Gasteiger partial charge on any atom is -0.336 e. The third-order valence-electron chi connectivity index (χ3n) is 5.20. The number of likely N-dealkylation sites (N-methyl/N-ethyl adjacent to an activating group) is 1. The van der Waals surface area contributed by atoms with Gasteiger partial charge in [-0.3, -0.25) is 14.5 Å². The zero-order valence-electron chi connectivity index (χ0n) is 16.7. The van der Waals surface area contributed by atoms with Crippen LogP contribution < -0.4 is 5.32 Å². The van der Waals surface area contributed by atoms with Crippen LogP contribution in [0.2, 0.25) is 0 Å². The van der Waals surface area contributed by atoms with Crippen LogP contribution in [0.15, 0.2) is 54.6 Å². The monoisotopic (exact) mass is 379 g/mol. The number of piperidine rings is 1. The highest BCUT2D eigenvalue weighted by atomic mass is 16.2. The van der Waals surface area contributed by atoms with E-state index in [0.29, 0.717) is 0 Å². The Morgan fingerprint density at radius 1 is 1.11 bits per heavy atom. The van der Waals surface area contributed by atoms with E-state index < -0.39 is 0 Å². The lowest BCUT2D eigenvalue weighted by atomic mass is 9.96. The first-order valence-electron chi connectivity index (χ1n) is 9.89. The van der Waals surface area contributed by atoms with Gasteiger partial charge in [0.1, 0.15) is 0 Å². The molecule has 0 bridgehead atoms. The number of hydrogen-bond acceptors (Lipinski definition) is 3. The molecule has 148 valence electrons. The first-order chi connectivity index (χ1) is 13.5. The van der Waals surface area contributed by atoms with Gasteiger partial charge in [-0.15, -0.1) is 0 Å². The fraction of sp³-hybridized carbons (Fsp3) is 0.391. The van der Waals surface area contributed by atoms with E-state index in [1.807, 2.05) is 49.4 Å². The first kappa shape index (κ1) is 20.1. The van der Waals surface area contributed by atoms with Crippen molar-refractivity contribution in [1.82, 2.24) is 9.80 Å². The number of nitrogens with one attached hydrogen (secondary N) is 1. The molecule has 3 rings (SSSR count). The summed E-state index contributed by atoms with van der Waals surface area (Å²) >= 11 is 0. The molecule has 5 heteroatoms. The minimum atomic E-state index is -0.170. The largest absolute Gasteiger partial charge is 0.336 e. The second-order valence-electron chi connectivity index (χ2n) is 7.67. The van der Waals surface area contributed by atoms with Gasteiger partial charge in [0.05, 0.1) is 12.5 Å². The molecular weight excluding hydrogens is 350 g/mol. The molecule has 0 saturated carbocycles. The van der Waals surface area contributed by atoms with E-state index >= 15 is 0 Å². The standard InChI is InChI=1S/C23H29N3O2/c1-18-10-12-21(13-11-18)24-22(27)17-25(2)23(28)20-9-6-14-26(16-20)15-19-7-4-3-5-8-19/h3-5,7-8,10-13,20H,6,9,14-17H2,1-2H3,(H,24,27). The zero-order valence-corrected chi connectivity index (χ0v) is 16.7. The highest BCUT2D eigenvalue weighted by Gasteiger charge is 2.28. The molecule has 1 saturated heterocycles. The van der Waals surface area contributed by atoms with Gasteiger partial charge in [0, 0.05) is 25.8 Å². The van der Waals surface area contributed by atoms with E-state index in [0.717, 1.165) is 43.7 Å². The summed E-state index contributed by atoms with van der Waals surface area (Å²) in [6.45, 7) is 4.70. The van der Waals surface area contributed by atoms with Crippen LogP contribution in [0.4, 0.5) is 5.69 Å². The normalized spacial score (nSPS) is 17.1. The summed E-state index contributed by atoms with van der Waals surface area (Å²) < 4.78 is 0. The number of anilines is 1. The van der Waals surface area contributed by atoms with Crippen LogP contribution >= 0.6 is 0 Å². The molecule has 2 aromatic rings. The van der Waals surface area contributed by atoms with Gasteiger partial charge in [-0.1, -0.05) is 48.0 Å². The Morgan fingerprint density at radius 3 is 2.54 bits per heavy atom. The second kappa shape index (κ2) is 9.51. The maximum absolute atomic E-state index is 12.8. The Labute approximate surface area is 167 Å². The van der Waals surface area contributed by atoms with Crippen molar-refractivity contribution >= 4 is 17.5 Å². The van der Waals surface area contributed by atoms with Crippen molar-refractivity contribution in [2.75, 3.05) is 32.0 Å². The third kappa shape index (κ3) is 5.67. The molecule has 0 aliphatic carbocycles. The van der Waals surface area contributed by atoms with Crippen LogP contribution in [-0.2, 0) is 16.1 Å². The summed E-state index contributed by atoms with van der Waals surface area (Å²) in [5, 5.41) is 2.86.